The Labute approximate surface area is 184 Å². The lowest BCUT2D eigenvalue weighted by Gasteiger charge is -2.34. The highest BCUT2D eigenvalue weighted by atomic mass is 16.5. The molecule has 2 amide bonds. The lowest BCUT2D eigenvalue weighted by Crippen LogP contribution is -2.40. The number of aliphatic hydroxyl groups excluding tert-OH is 1. The standard InChI is InChI=1S/C24H34N2O5/c1-3-4-14-31-15-6-13-26-23(28)21(19-8-10-20(30-2)11-9-19)22(24(26)29)25-12-5-7-18(16-25)17-27/h8-11,18,27H,3-7,12-17H2,1-2H3. The van der Waals surface area contributed by atoms with Crippen LogP contribution in [0.5, 0.6) is 5.75 Å². The Kier molecular flexibility index (Phi) is 8.49. The molecule has 2 aliphatic rings. The van der Waals surface area contributed by atoms with Gasteiger partial charge in [-0.25, -0.2) is 0 Å². The average molecular weight is 431 g/mol. The second kappa shape index (κ2) is 11.3. The van der Waals surface area contributed by atoms with E-state index < -0.39 is 0 Å². The molecule has 7 nitrogen and oxygen atoms in total. The minimum Gasteiger partial charge on any atom is -0.497 e. The first-order chi connectivity index (χ1) is 15.1. The smallest absolute Gasteiger partial charge is 0.277 e. The third-order valence-corrected chi connectivity index (χ3v) is 5.93. The van der Waals surface area contributed by atoms with Gasteiger partial charge in [0, 0.05) is 39.5 Å². The molecule has 31 heavy (non-hydrogen) atoms. The molecule has 2 aliphatic heterocycles. The molecule has 170 valence electrons. The van der Waals surface area contributed by atoms with E-state index in [9.17, 15) is 14.7 Å². The zero-order valence-corrected chi connectivity index (χ0v) is 18.6. The van der Waals surface area contributed by atoms with Gasteiger partial charge in [-0.05, 0) is 49.3 Å². The van der Waals surface area contributed by atoms with Gasteiger partial charge in [0.05, 0.1) is 12.7 Å². The molecule has 1 fully saturated rings. The van der Waals surface area contributed by atoms with E-state index in [-0.39, 0.29) is 24.3 Å². The van der Waals surface area contributed by atoms with Gasteiger partial charge in [0.15, 0.2) is 0 Å². The van der Waals surface area contributed by atoms with Crippen molar-refractivity contribution in [3.8, 4) is 5.75 Å². The molecule has 1 aromatic carbocycles. The SMILES string of the molecule is CCCCOCCCN1C(=O)C(c2ccc(OC)cc2)=C(N2CCCC(CO)C2)C1=O. The molecule has 0 saturated carbocycles. The number of hydrogen-bond donors (Lipinski definition) is 1. The number of methoxy groups -OCH3 is 1. The molecule has 3 rings (SSSR count). The number of piperidine rings is 1. The van der Waals surface area contributed by atoms with Crippen molar-refractivity contribution >= 4 is 17.4 Å². The number of aliphatic hydroxyl groups is 1. The molecule has 7 heteroatoms. The lowest BCUT2D eigenvalue weighted by atomic mass is 9.97. The maximum Gasteiger partial charge on any atom is 0.277 e. The molecule has 0 aliphatic carbocycles. The average Bonchev–Trinajstić information content (AvgIpc) is 3.06. The number of likely N-dealkylation sites (tertiary alicyclic amines) is 1. The molecule has 0 aromatic heterocycles. The van der Waals surface area contributed by atoms with Crippen molar-refractivity contribution in [1.82, 2.24) is 9.80 Å². The largest absolute Gasteiger partial charge is 0.497 e. The number of carbonyl (C=O) groups is 2. The minimum atomic E-state index is -0.259. The van der Waals surface area contributed by atoms with Gasteiger partial charge < -0.3 is 19.5 Å². The number of hydrogen-bond acceptors (Lipinski definition) is 6. The van der Waals surface area contributed by atoms with Gasteiger partial charge in [0.1, 0.15) is 11.4 Å². The van der Waals surface area contributed by atoms with E-state index in [2.05, 4.69) is 6.92 Å². The normalized spacial score (nSPS) is 19.5. The van der Waals surface area contributed by atoms with Crippen molar-refractivity contribution in [2.75, 3.05) is 46.6 Å². The summed E-state index contributed by atoms with van der Waals surface area (Å²) in [7, 11) is 1.59. The Morgan fingerprint density at radius 3 is 2.52 bits per heavy atom. The molecule has 2 heterocycles. The highest BCUT2D eigenvalue weighted by Crippen LogP contribution is 2.34. The van der Waals surface area contributed by atoms with Crippen molar-refractivity contribution in [1.29, 1.82) is 0 Å². The van der Waals surface area contributed by atoms with Gasteiger partial charge in [-0.1, -0.05) is 25.5 Å². The Morgan fingerprint density at radius 1 is 1.10 bits per heavy atom. The van der Waals surface area contributed by atoms with Crippen LogP contribution < -0.4 is 4.74 Å². The zero-order chi connectivity index (χ0) is 22.2. The van der Waals surface area contributed by atoms with Crippen molar-refractivity contribution in [2.24, 2.45) is 5.92 Å². The summed E-state index contributed by atoms with van der Waals surface area (Å²) in [5.74, 6) is 0.303. The number of rotatable bonds is 11. The van der Waals surface area contributed by atoms with E-state index in [1.807, 2.05) is 17.0 Å². The van der Waals surface area contributed by atoms with Crippen molar-refractivity contribution < 1.29 is 24.2 Å². The first-order valence-electron chi connectivity index (χ1n) is 11.3. The van der Waals surface area contributed by atoms with Crippen LogP contribution >= 0.6 is 0 Å². The highest BCUT2D eigenvalue weighted by Gasteiger charge is 2.42. The van der Waals surface area contributed by atoms with E-state index >= 15 is 0 Å². The van der Waals surface area contributed by atoms with Crippen LogP contribution in [0.15, 0.2) is 30.0 Å². The van der Waals surface area contributed by atoms with Crippen LogP contribution in [0.3, 0.4) is 0 Å². The molecule has 1 unspecified atom stereocenters. The monoisotopic (exact) mass is 430 g/mol. The van der Waals surface area contributed by atoms with Crippen molar-refractivity contribution in [3.05, 3.63) is 35.5 Å². The van der Waals surface area contributed by atoms with Crippen LogP contribution in [0, 0.1) is 5.92 Å². The van der Waals surface area contributed by atoms with Gasteiger partial charge in [-0.3, -0.25) is 14.5 Å². The number of carbonyl (C=O) groups excluding carboxylic acids is 2. The number of benzene rings is 1. The fourth-order valence-electron chi connectivity index (χ4n) is 4.17. The van der Waals surface area contributed by atoms with Crippen LogP contribution in [-0.2, 0) is 14.3 Å². The number of amides is 2. The number of imide groups is 1. The van der Waals surface area contributed by atoms with E-state index in [0.717, 1.165) is 25.7 Å². The molecular formula is C24H34N2O5. The van der Waals surface area contributed by atoms with Crippen LogP contribution in [0.2, 0.25) is 0 Å². The molecule has 0 radical (unpaired) electrons. The predicted octanol–water partition coefficient (Wildman–Crippen LogP) is 2.69. The van der Waals surface area contributed by atoms with E-state index in [1.54, 1.807) is 19.2 Å². The third-order valence-electron chi connectivity index (χ3n) is 5.93. The van der Waals surface area contributed by atoms with Crippen LogP contribution in [0.1, 0.15) is 44.6 Å². The van der Waals surface area contributed by atoms with Gasteiger partial charge >= 0.3 is 0 Å². The third kappa shape index (κ3) is 5.46. The second-order valence-electron chi connectivity index (χ2n) is 8.17. The van der Waals surface area contributed by atoms with E-state index in [1.165, 1.54) is 4.90 Å². The fourth-order valence-corrected chi connectivity index (χ4v) is 4.17. The minimum absolute atomic E-state index is 0.0859. The van der Waals surface area contributed by atoms with Crippen LogP contribution in [-0.4, -0.2) is 73.3 Å². The summed E-state index contributed by atoms with van der Waals surface area (Å²) >= 11 is 0. The summed E-state index contributed by atoms with van der Waals surface area (Å²) < 4.78 is 10.8. The van der Waals surface area contributed by atoms with Crippen LogP contribution in [0.4, 0.5) is 0 Å². The Morgan fingerprint density at radius 2 is 1.84 bits per heavy atom. The van der Waals surface area contributed by atoms with E-state index in [4.69, 9.17) is 9.47 Å². The lowest BCUT2D eigenvalue weighted by molar-refractivity contribution is -0.137. The molecule has 0 bridgehead atoms. The molecule has 1 aromatic rings. The summed E-state index contributed by atoms with van der Waals surface area (Å²) in [5.41, 5.74) is 1.61. The summed E-state index contributed by atoms with van der Waals surface area (Å²) in [6.45, 7) is 5.06. The topological polar surface area (TPSA) is 79.3 Å². The van der Waals surface area contributed by atoms with E-state index in [0.29, 0.717) is 61.9 Å². The van der Waals surface area contributed by atoms with Gasteiger partial charge in [-0.2, -0.15) is 0 Å². The second-order valence-corrected chi connectivity index (χ2v) is 8.17. The van der Waals surface area contributed by atoms with Gasteiger partial charge in [0.2, 0.25) is 0 Å². The maximum atomic E-state index is 13.4. The Bertz CT molecular complexity index is 790. The first-order valence-corrected chi connectivity index (χ1v) is 11.3. The summed E-state index contributed by atoms with van der Waals surface area (Å²) in [6, 6.07) is 7.25. The number of unbranched alkanes of at least 4 members (excludes halogenated alkanes) is 1. The van der Waals surface area contributed by atoms with Crippen molar-refractivity contribution in [3.63, 3.8) is 0 Å². The maximum absolute atomic E-state index is 13.4. The Hall–Kier alpha value is -2.38. The first kappa shape index (κ1) is 23.3. The van der Waals surface area contributed by atoms with Gasteiger partial charge in [0.25, 0.3) is 11.8 Å². The summed E-state index contributed by atoms with van der Waals surface area (Å²) in [4.78, 5) is 30.0. The zero-order valence-electron chi connectivity index (χ0n) is 18.6. The number of ether oxygens (including phenoxy) is 2. The van der Waals surface area contributed by atoms with Gasteiger partial charge in [-0.15, -0.1) is 0 Å². The summed E-state index contributed by atoms with van der Waals surface area (Å²) in [5, 5.41) is 9.63. The molecule has 1 saturated heterocycles. The highest BCUT2D eigenvalue weighted by molar-refractivity contribution is 6.35. The molecule has 1 atom stereocenters. The molecule has 0 spiro atoms. The van der Waals surface area contributed by atoms with Crippen LogP contribution in [0.25, 0.3) is 5.57 Å². The quantitative estimate of drug-likeness (QED) is 0.430. The fraction of sp³-hybridized carbons (Fsp3) is 0.583. The Balaban J connectivity index is 1.82. The molecular weight excluding hydrogens is 396 g/mol. The molecule has 1 N–H and O–H groups in total. The summed E-state index contributed by atoms with van der Waals surface area (Å²) in [6.07, 6.45) is 4.52. The predicted molar refractivity (Wildman–Crippen MR) is 118 cm³/mol. The van der Waals surface area contributed by atoms with Crippen molar-refractivity contribution in [2.45, 2.75) is 39.0 Å². The number of nitrogens with zero attached hydrogens (tertiary/aromatic N) is 2.